The van der Waals surface area contributed by atoms with Crippen molar-refractivity contribution >= 4 is 0 Å². The maximum absolute atomic E-state index is 6.07. The Balaban J connectivity index is 2.62. The fraction of sp³-hybridized carbons (Fsp3) is 0.700. The minimum atomic E-state index is 0.231. The molecule has 0 radical (unpaired) electrons. The summed E-state index contributed by atoms with van der Waals surface area (Å²) in [7, 11) is 0. The summed E-state index contributed by atoms with van der Waals surface area (Å²) in [5.74, 6) is 0. The van der Waals surface area contributed by atoms with Crippen LogP contribution in [0.4, 0.5) is 0 Å². The summed E-state index contributed by atoms with van der Waals surface area (Å²) >= 11 is 0. The van der Waals surface area contributed by atoms with Crippen molar-refractivity contribution in [3.63, 3.8) is 0 Å². The summed E-state index contributed by atoms with van der Waals surface area (Å²) in [6.07, 6.45) is 7.05. The average Bonchev–Trinajstić information content (AvgIpc) is 2.59. The number of nitrogens with zero attached hydrogens (tertiary/aromatic N) is 2. The van der Waals surface area contributed by atoms with Crippen molar-refractivity contribution in [2.45, 2.75) is 45.2 Å². The van der Waals surface area contributed by atoms with Crippen LogP contribution in [0.25, 0.3) is 0 Å². The van der Waals surface area contributed by atoms with E-state index in [1.807, 2.05) is 16.9 Å². The topological polar surface area (TPSA) is 43.8 Å². The molecule has 13 heavy (non-hydrogen) atoms. The van der Waals surface area contributed by atoms with Crippen molar-refractivity contribution in [3.8, 4) is 0 Å². The van der Waals surface area contributed by atoms with E-state index in [9.17, 15) is 0 Å². The minimum absolute atomic E-state index is 0.231. The second-order valence-corrected chi connectivity index (χ2v) is 3.41. The fourth-order valence-electron chi connectivity index (χ4n) is 1.69. The molecular formula is C10H19N3. The third-order valence-electron chi connectivity index (χ3n) is 2.40. The van der Waals surface area contributed by atoms with Crippen LogP contribution in [0.5, 0.6) is 0 Å². The lowest BCUT2D eigenvalue weighted by atomic mass is 10.0. The van der Waals surface area contributed by atoms with E-state index in [-0.39, 0.29) is 6.04 Å². The molecule has 3 heteroatoms. The minimum Gasteiger partial charge on any atom is -0.326 e. The first-order valence-electron chi connectivity index (χ1n) is 5.04. The van der Waals surface area contributed by atoms with Gasteiger partial charge in [0.15, 0.2) is 0 Å². The van der Waals surface area contributed by atoms with Gasteiger partial charge in [0.2, 0.25) is 0 Å². The quantitative estimate of drug-likeness (QED) is 0.754. The molecule has 0 spiro atoms. The average molecular weight is 181 g/mol. The highest BCUT2D eigenvalue weighted by Crippen LogP contribution is 2.16. The van der Waals surface area contributed by atoms with Crippen LogP contribution in [0.3, 0.4) is 0 Å². The normalized spacial score (nSPS) is 15.6. The van der Waals surface area contributed by atoms with Gasteiger partial charge in [0.05, 0.1) is 6.04 Å². The van der Waals surface area contributed by atoms with Gasteiger partial charge in [-0.2, -0.15) is 5.10 Å². The first-order valence-corrected chi connectivity index (χ1v) is 5.04. The SMILES string of the molecule is CCCC(N)C(CC)n1cccn1. The van der Waals surface area contributed by atoms with Crippen molar-refractivity contribution in [1.82, 2.24) is 9.78 Å². The van der Waals surface area contributed by atoms with Crippen LogP contribution in [0.15, 0.2) is 18.5 Å². The Morgan fingerprint density at radius 2 is 2.23 bits per heavy atom. The van der Waals surface area contributed by atoms with Gasteiger partial charge in [-0.25, -0.2) is 0 Å². The summed E-state index contributed by atoms with van der Waals surface area (Å²) in [4.78, 5) is 0. The zero-order valence-corrected chi connectivity index (χ0v) is 8.48. The van der Waals surface area contributed by atoms with Gasteiger partial charge in [0.25, 0.3) is 0 Å². The van der Waals surface area contributed by atoms with E-state index in [4.69, 9.17) is 5.73 Å². The van der Waals surface area contributed by atoms with Gasteiger partial charge < -0.3 is 5.73 Å². The molecule has 0 fully saturated rings. The van der Waals surface area contributed by atoms with Gasteiger partial charge in [-0.3, -0.25) is 4.68 Å². The molecule has 2 N–H and O–H groups in total. The zero-order valence-electron chi connectivity index (χ0n) is 8.48. The van der Waals surface area contributed by atoms with Crippen LogP contribution >= 0.6 is 0 Å². The summed E-state index contributed by atoms with van der Waals surface area (Å²) in [5.41, 5.74) is 6.07. The zero-order chi connectivity index (χ0) is 9.68. The molecule has 0 saturated carbocycles. The third-order valence-corrected chi connectivity index (χ3v) is 2.40. The highest BCUT2D eigenvalue weighted by Gasteiger charge is 2.16. The van der Waals surface area contributed by atoms with E-state index in [0.717, 1.165) is 19.3 Å². The van der Waals surface area contributed by atoms with E-state index in [2.05, 4.69) is 18.9 Å². The lowest BCUT2D eigenvalue weighted by Crippen LogP contribution is -2.32. The van der Waals surface area contributed by atoms with Crippen LogP contribution in [0, 0.1) is 0 Å². The van der Waals surface area contributed by atoms with E-state index < -0.39 is 0 Å². The molecule has 3 nitrogen and oxygen atoms in total. The molecule has 0 aliphatic carbocycles. The highest BCUT2D eigenvalue weighted by molar-refractivity contribution is 4.85. The van der Waals surface area contributed by atoms with Gasteiger partial charge >= 0.3 is 0 Å². The first-order chi connectivity index (χ1) is 6.29. The Labute approximate surface area is 79.9 Å². The van der Waals surface area contributed by atoms with Crippen molar-refractivity contribution in [1.29, 1.82) is 0 Å². The van der Waals surface area contributed by atoms with Gasteiger partial charge in [-0.15, -0.1) is 0 Å². The van der Waals surface area contributed by atoms with Gasteiger partial charge in [0, 0.05) is 18.4 Å². The maximum Gasteiger partial charge on any atom is 0.0667 e. The van der Waals surface area contributed by atoms with Crippen LogP contribution in [0.2, 0.25) is 0 Å². The Morgan fingerprint density at radius 1 is 1.46 bits per heavy atom. The van der Waals surface area contributed by atoms with E-state index in [1.54, 1.807) is 6.20 Å². The Morgan fingerprint density at radius 3 is 2.69 bits per heavy atom. The standard InChI is InChI=1S/C10H19N3/c1-3-6-9(11)10(4-2)13-8-5-7-12-13/h5,7-10H,3-4,6,11H2,1-2H3. The summed E-state index contributed by atoms with van der Waals surface area (Å²) < 4.78 is 1.97. The third kappa shape index (κ3) is 2.56. The lowest BCUT2D eigenvalue weighted by molar-refractivity contribution is 0.350. The van der Waals surface area contributed by atoms with Gasteiger partial charge in [0.1, 0.15) is 0 Å². The van der Waals surface area contributed by atoms with Gasteiger partial charge in [-0.05, 0) is 18.9 Å². The van der Waals surface area contributed by atoms with Crippen LogP contribution < -0.4 is 5.73 Å². The largest absolute Gasteiger partial charge is 0.326 e. The lowest BCUT2D eigenvalue weighted by Gasteiger charge is -2.22. The second kappa shape index (κ2) is 5.02. The smallest absolute Gasteiger partial charge is 0.0667 e. The predicted octanol–water partition coefficient (Wildman–Crippen LogP) is 1.96. The molecular weight excluding hydrogens is 162 g/mol. The second-order valence-electron chi connectivity index (χ2n) is 3.41. The fourth-order valence-corrected chi connectivity index (χ4v) is 1.69. The Hall–Kier alpha value is -0.830. The number of rotatable bonds is 5. The molecule has 1 aromatic heterocycles. The van der Waals surface area contributed by atoms with E-state index in [0.29, 0.717) is 6.04 Å². The van der Waals surface area contributed by atoms with Crippen molar-refractivity contribution < 1.29 is 0 Å². The molecule has 2 unspecified atom stereocenters. The van der Waals surface area contributed by atoms with E-state index >= 15 is 0 Å². The molecule has 0 aromatic carbocycles. The molecule has 0 saturated heterocycles. The molecule has 74 valence electrons. The van der Waals surface area contributed by atoms with Crippen LogP contribution in [-0.4, -0.2) is 15.8 Å². The number of hydrogen-bond acceptors (Lipinski definition) is 2. The Bertz CT molecular complexity index is 218. The van der Waals surface area contributed by atoms with E-state index in [1.165, 1.54) is 0 Å². The summed E-state index contributed by atoms with van der Waals surface area (Å²) in [5, 5.41) is 4.23. The van der Waals surface area contributed by atoms with Crippen LogP contribution in [-0.2, 0) is 0 Å². The van der Waals surface area contributed by atoms with Crippen molar-refractivity contribution in [2.24, 2.45) is 5.73 Å². The molecule has 1 heterocycles. The maximum atomic E-state index is 6.07. The predicted molar refractivity (Wildman–Crippen MR) is 54.4 cm³/mol. The number of hydrogen-bond donors (Lipinski definition) is 1. The summed E-state index contributed by atoms with van der Waals surface area (Å²) in [6.45, 7) is 4.32. The molecule has 0 amide bonds. The molecule has 2 atom stereocenters. The molecule has 0 aliphatic heterocycles. The van der Waals surface area contributed by atoms with Gasteiger partial charge in [-0.1, -0.05) is 20.3 Å². The monoisotopic (exact) mass is 181 g/mol. The summed E-state index contributed by atoms with van der Waals surface area (Å²) in [6, 6.07) is 2.53. The first kappa shape index (κ1) is 10.3. The van der Waals surface area contributed by atoms with Crippen LogP contribution in [0.1, 0.15) is 39.2 Å². The number of aromatic nitrogens is 2. The molecule has 1 rings (SSSR count). The van der Waals surface area contributed by atoms with Crippen molar-refractivity contribution in [3.05, 3.63) is 18.5 Å². The molecule has 1 aromatic rings. The number of nitrogens with two attached hydrogens (primary N) is 1. The highest BCUT2D eigenvalue weighted by atomic mass is 15.3. The molecule has 0 bridgehead atoms. The Kier molecular flexibility index (Phi) is 3.96. The molecule has 0 aliphatic rings. The van der Waals surface area contributed by atoms with Crippen molar-refractivity contribution in [2.75, 3.05) is 0 Å².